The van der Waals surface area contributed by atoms with E-state index < -0.39 is 17.0 Å². The van der Waals surface area contributed by atoms with E-state index in [1.54, 1.807) is 13.8 Å². The van der Waals surface area contributed by atoms with Gasteiger partial charge in [0.25, 0.3) is 0 Å². The van der Waals surface area contributed by atoms with Crippen LogP contribution < -0.4 is 0 Å². The minimum Gasteiger partial charge on any atom is -0.373 e. The lowest BCUT2D eigenvalue weighted by Gasteiger charge is -2.41. The largest absolute Gasteiger partial charge is 0.395 e. The predicted molar refractivity (Wildman–Crippen MR) is 86.4 cm³/mol. The zero-order valence-corrected chi connectivity index (χ0v) is 15.2. The molecule has 2 rings (SSSR count). The molecule has 1 saturated carbocycles. The van der Waals surface area contributed by atoms with Gasteiger partial charge in [0.1, 0.15) is 0 Å². The van der Waals surface area contributed by atoms with Crippen molar-refractivity contribution >= 4 is 0 Å². The summed E-state index contributed by atoms with van der Waals surface area (Å²) in [6, 6.07) is 0. The third kappa shape index (κ3) is 4.22. The van der Waals surface area contributed by atoms with Crippen LogP contribution >= 0.6 is 0 Å². The van der Waals surface area contributed by atoms with Crippen LogP contribution in [0.25, 0.3) is 0 Å². The first kappa shape index (κ1) is 19.0. The molecule has 23 heavy (non-hydrogen) atoms. The van der Waals surface area contributed by atoms with Gasteiger partial charge in [-0.2, -0.15) is 13.2 Å². The number of hydrogen-bond acceptors (Lipinski definition) is 2. The van der Waals surface area contributed by atoms with Crippen LogP contribution in [0.4, 0.5) is 13.2 Å². The molecular formula is C18H32F3NO. The highest BCUT2D eigenvalue weighted by Gasteiger charge is 2.69. The third-order valence-corrected chi connectivity index (χ3v) is 5.70. The number of ether oxygens (including phenoxy) is 1. The lowest BCUT2D eigenvalue weighted by molar-refractivity contribution is -0.220. The summed E-state index contributed by atoms with van der Waals surface area (Å²) in [5, 5.41) is 0. The minimum absolute atomic E-state index is 0.0563. The topological polar surface area (TPSA) is 12.5 Å². The van der Waals surface area contributed by atoms with Crippen LogP contribution in [0.3, 0.4) is 0 Å². The van der Waals surface area contributed by atoms with Crippen LogP contribution in [0, 0.1) is 16.7 Å². The molecule has 0 aromatic carbocycles. The molecule has 1 aliphatic carbocycles. The van der Waals surface area contributed by atoms with Crippen molar-refractivity contribution in [3.63, 3.8) is 0 Å². The molecule has 1 saturated heterocycles. The van der Waals surface area contributed by atoms with Crippen molar-refractivity contribution in [2.24, 2.45) is 16.7 Å². The van der Waals surface area contributed by atoms with Gasteiger partial charge in [0.2, 0.25) is 0 Å². The van der Waals surface area contributed by atoms with E-state index in [1.165, 1.54) is 0 Å². The molecule has 0 aromatic heterocycles. The van der Waals surface area contributed by atoms with E-state index >= 15 is 0 Å². The summed E-state index contributed by atoms with van der Waals surface area (Å²) in [5.41, 5.74) is -2.17. The maximum atomic E-state index is 13.4. The normalized spacial score (nSPS) is 29.1. The van der Waals surface area contributed by atoms with Gasteiger partial charge in [-0.25, -0.2) is 0 Å². The molecule has 136 valence electrons. The number of halogens is 3. The summed E-state index contributed by atoms with van der Waals surface area (Å²) in [6.07, 6.45) is -2.02. The van der Waals surface area contributed by atoms with Crippen molar-refractivity contribution in [2.75, 3.05) is 19.6 Å². The highest BCUT2D eigenvalue weighted by Crippen LogP contribution is 2.68. The standard InChI is InChI=1S/C18H32F3NO/c1-13(2)10-22-11-14(3)23-15(12-22)6-7-16(4,5)17(8-9-17)18(19,20)21/h13-15H,6-12H2,1-5H3. The first-order valence-corrected chi connectivity index (χ1v) is 8.91. The second kappa shape index (κ2) is 6.55. The van der Waals surface area contributed by atoms with E-state index in [1.807, 2.05) is 0 Å². The number of morpholine rings is 1. The molecule has 1 aliphatic heterocycles. The molecule has 2 fully saturated rings. The van der Waals surface area contributed by atoms with Crippen molar-refractivity contribution in [3.8, 4) is 0 Å². The van der Waals surface area contributed by atoms with E-state index in [0.29, 0.717) is 18.8 Å². The molecule has 0 spiro atoms. The smallest absolute Gasteiger partial charge is 0.373 e. The van der Waals surface area contributed by atoms with Crippen LogP contribution in [0.5, 0.6) is 0 Å². The Labute approximate surface area is 138 Å². The van der Waals surface area contributed by atoms with E-state index in [4.69, 9.17) is 4.74 Å². The molecule has 1 heterocycles. The average molecular weight is 335 g/mol. The molecule has 5 heteroatoms. The van der Waals surface area contributed by atoms with Crippen LogP contribution in [-0.4, -0.2) is 42.9 Å². The Kier molecular flexibility index (Phi) is 5.42. The Morgan fingerprint density at radius 2 is 1.78 bits per heavy atom. The van der Waals surface area contributed by atoms with Crippen LogP contribution in [0.2, 0.25) is 0 Å². The number of rotatable bonds is 6. The van der Waals surface area contributed by atoms with E-state index in [9.17, 15) is 13.2 Å². The summed E-state index contributed by atoms with van der Waals surface area (Å²) < 4.78 is 46.1. The van der Waals surface area contributed by atoms with Crippen molar-refractivity contribution in [2.45, 2.75) is 78.7 Å². The average Bonchev–Trinajstić information content (AvgIpc) is 3.16. The highest BCUT2D eigenvalue weighted by molar-refractivity contribution is 5.08. The third-order valence-electron chi connectivity index (χ3n) is 5.70. The maximum Gasteiger partial charge on any atom is 0.395 e. The summed E-state index contributed by atoms with van der Waals surface area (Å²) in [4.78, 5) is 2.40. The number of nitrogens with zero attached hydrogens (tertiary/aromatic N) is 1. The molecular weight excluding hydrogens is 303 g/mol. The SMILES string of the molecule is CC(C)CN1CC(C)OC(CCC(C)(C)C2(C(F)(F)F)CC2)C1. The molecule has 2 nitrogen and oxygen atoms in total. The second-order valence-corrected chi connectivity index (χ2v) is 8.68. The fourth-order valence-corrected chi connectivity index (χ4v) is 4.20. The number of alkyl halides is 3. The first-order chi connectivity index (χ1) is 10.5. The van der Waals surface area contributed by atoms with Crippen molar-refractivity contribution in [1.82, 2.24) is 4.90 Å². The zero-order valence-electron chi connectivity index (χ0n) is 15.2. The Morgan fingerprint density at radius 3 is 2.26 bits per heavy atom. The van der Waals surface area contributed by atoms with Gasteiger partial charge in [0.05, 0.1) is 17.6 Å². The molecule has 2 unspecified atom stereocenters. The van der Waals surface area contributed by atoms with Gasteiger partial charge in [-0.15, -0.1) is 0 Å². The van der Waals surface area contributed by atoms with Crippen LogP contribution in [-0.2, 0) is 4.74 Å². The highest BCUT2D eigenvalue weighted by atomic mass is 19.4. The maximum absolute atomic E-state index is 13.4. The Balaban J connectivity index is 1.92. The number of hydrogen-bond donors (Lipinski definition) is 0. The minimum atomic E-state index is -4.08. The Morgan fingerprint density at radius 1 is 1.17 bits per heavy atom. The molecule has 0 amide bonds. The van der Waals surface area contributed by atoms with Gasteiger partial charge in [0.15, 0.2) is 0 Å². The van der Waals surface area contributed by atoms with Crippen LogP contribution in [0.15, 0.2) is 0 Å². The van der Waals surface area contributed by atoms with Crippen molar-refractivity contribution in [3.05, 3.63) is 0 Å². The monoisotopic (exact) mass is 335 g/mol. The van der Waals surface area contributed by atoms with Crippen molar-refractivity contribution in [1.29, 1.82) is 0 Å². The Hall–Kier alpha value is -0.290. The lowest BCUT2D eigenvalue weighted by Crippen LogP contribution is -2.48. The predicted octanol–water partition coefficient (Wildman–Crippen LogP) is 4.88. The molecule has 0 bridgehead atoms. The second-order valence-electron chi connectivity index (χ2n) is 8.68. The molecule has 0 radical (unpaired) electrons. The van der Waals surface area contributed by atoms with Gasteiger partial charge < -0.3 is 4.74 Å². The van der Waals surface area contributed by atoms with Gasteiger partial charge in [0, 0.05) is 19.6 Å². The Bertz CT molecular complexity index is 400. The first-order valence-electron chi connectivity index (χ1n) is 8.91. The van der Waals surface area contributed by atoms with Gasteiger partial charge in [-0.3, -0.25) is 4.90 Å². The van der Waals surface area contributed by atoms with E-state index in [0.717, 1.165) is 19.6 Å². The zero-order chi connectivity index (χ0) is 17.5. The fraction of sp³-hybridized carbons (Fsp3) is 1.00. The molecule has 0 aromatic rings. The van der Waals surface area contributed by atoms with Crippen molar-refractivity contribution < 1.29 is 17.9 Å². The molecule has 2 atom stereocenters. The fourth-order valence-electron chi connectivity index (χ4n) is 4.20. The summed E-state index contributed by atoms with van der Waals surface area (Å²) in [6.45, 7) is 12.8. The van der Waals surface area contributed by atoms with E-state index in [-0.39, 0.29) is 25.0 Å². The lowest BCUT2D eigenvalue weighted by atomic mass is 9.71. The van der Waals surface area contributed by atoms with E-state index in [2.05, 4.69) is 25.7 Å². The molecule has 0 N–H and O–H groups in total. The van der Waals surface area contributed by atoms with Gasteiger partial charge in [-0.1, -0.05) is 27.7 Å². The van der Waals surface area contributed by atoms with Crippen LogP contribution in [0.1, 0.15) is 60.3 Å². The molecule has 2 aliphatic rings. The summed E-state index contributed by atoms with van der Waals surface area (Å²) in [7, 11) is 0. The summed E-state index contributed by atoms with van der Waals surface area (Å²) >= 11 is 0. The van der Waals surface area contributed by atoms with Gasteiger partial charge >= 0.3 is 6.18 Å². The quantitative estimate of drug-likeness (QED) is 0.686. The summed E-state index contributed by atoms with van der Waals surface area (Å²) in [5.74, 6) is 0.595. The van der Waals surface area contributed by atoms with Gasteiger partial charge in [-0.05, 0) is 43.9 Å².